The van der Waals surface area contributed by atoms with Crippen molar-refractivity contribution in [1.82, 2.24) is 0 Å². The maximum absolute atomic E-state index is 11.2. The van der Waals surface area contributed by atoms with Crippen molar-refractivity contribution in [2.45, 2.75) is 20.3 Å². The second-order valence-corrected chi connectivity index (χ2v) is 3.88. The zero-order valence-corrected chi connectivity index (χ0v) is 10.6. The molecule has 1 rings (SSSR count). The monoisotopic (exact) mass is 240 g/mol. The lowest BCUT2D eigenvalue weighted by Gasteiger charge is -2.13. The second kappa shape index (κ2) is 5.80. The summed E-state index contributed by atoms with van der Waals surface area (Å²) >= 11 is 3.79. The van der Waals surface area contributed by atoms with Crippen LogP contribution in [0.25, 0.3) is 0 Å². The summed E-state index contributed by atoms with van der Waals surface area (Å²) < 4.78 is 10.8. The molecule has 4 heteroatoms. The first-order valence-electron chi connectivity index (χ1n) is 5.14. The minimum atomic E-state index is -0.275. The van der Waals surface area contributed by atoms with Crippen LogP contribution in [0.15, 0.2) is 12.1 Å². The molecule has 0 amide bonds. The van der Waals surface area contributed by atoms with E-state index in [9.17, 15) is 4.79 Å². The zero-order chi connectivity index (χ0) is 12.1. The molecule has 1 aromatic carbocycles. The van der Waals surface area contributed by atoms with Crippen LogP contribution in [-0.4, -0.2) is 18.8 Å². The number of ether oxygens (including phenoxy) is 2. The van der Waals surface area contributed by atoms with Crippen LogP contribution in [0.4, 0.5) is 0 Å². The molecule has 0 aliphatic heterocycles. The molecule has 0 N–H and O–H groups in total. The molecule has 0 heterocycles. The lowest BCUT2D eigenvalue weighted by molar-refractivity contribution is 0.109. The highest BCUT2D eigenvalue weighted by molar-refractivity contribution is 7.97. The Bertz CT molecular complexity index is 388. The molecule has 16 heavy (non-hydrogen) atoms. The minimum Gasteiger partial charge on any atom is -0.493 e. The normalized spacial score (nSPS) is 10.0. The van der Waals surface area contributed by atoms with Crippen molar-refractivity contribution in [2.24, 2.45) is 0 Å². The Morgan fingerprint density at radius 2 is 2.12 bits per heavy atom. The molecular weight excluding hydrogens is 224 g/mol. The molecule has 3 nitrogen and oxygen atoms in total. The van der Waals surface area contributed by atoms with Crippen molar-refractivity contribution in [2.75, 3.05) is 13.7 Å². The number of methoxy groups -OCH3 is 1. The van der Waals surface area contributed by atoms with Crippen molar-refractivity contribution in [1.29, 1.82) is 0 Å². The first-order valence-corrected chi connectivity index (χ1v) is 5.59. The van der Waals surface area contributed by atoms with Gasteiger partial charge in [-0.25, -0.2) is 0 Å². The Kier molecular flexibility index (Phi) is 4.68. The minimum absolute atomic E-state index is 0.275. The van der Waals surface area contributed by atoms with Gasteiger partial charge in [0.05, 0.1) is 13.7 Å². The number of carbonyl (C=O) groups excluding carboxylic acids is 1. The summed E-state index contributed by atoms with van der Waals surface area (Å²) in [6.45, 7) is 4.55. The molecule has 0 bridgehead atoms. The largest absolute Gasteiger partial charge is 0.493 e. The number of benzene rings is 1. The number of hydrogen-bond acceptors (Lipinski definition) is 3. The van der Waals surface area contributed by atoms with Gasteiger partial charge in [-0.15, -0.1) is 12.6 Å². The number of thiol groups is 1. The van der Waals surface area contributed by atoms with E-state index in [1.54, 1.807) is 19.2 Å². The summed E-state index contributed by atoms with van der Waals surface area (Å²) in [6, 6.07) is 3.40. The van der Waals surface area contributed by atoms with E-state index in [1.807, 2.05) is 13.8 Å². The van der Waals surface area contributed by atoms with Crippen LogP contribution in [-0.2, 0) is 0 Å². The van der Waals surface area contributed by atoms with E-state index in [2.05, 4.69) is 12.6 Å². The summed E-state index contributed by atoms with van der Waals surface area (Å²) in [5, 5.41) is -0.275. The number of aryl methyl sites for hydroxylation is 1. The van der Waals surface area contributed by atoms with Crippen LogP contribution < -0.4 is 9.47 Å². The smallest absolute Gasteiger partial charge is 0.216 e. The maximum atomic E-state index is 11.2. The van der Waals surface area contributed by atoms with E-state index in [0.717, 1.165) is 12.0 Å². The number of hydrogen-bond donors (Lipinski definition) is 1. The number of rotatable bonds is 5. The van der Waals surface area contributed by atoms with Crippen LogP contribution in [0, 0.1) is 6.92 Å². The third-order valence-corrected chi connectivity index (χ3v) is 2.42. The van der Waals surface area contributed by atoms with Crippen LogP contribution in [0.2, 0.25) is 0 Å². The highest BCUT2D eigenvalue weighted by Gasteiger charge is 2.12. The highest BCUT2D eigenvalue weighted by atomic mass is 32.1. The molecule has 0 aliphatic rings. The van der Waals surface area contributed by atoms with E-state index < -0.39 is 0 Å². The van der Waals surface area contributed by atoms with E-state index in [0.29, 0.717) is 23.7 Å². The lowest BCUT2D eigenvalue weighted by atomic mass is 10.1. The first kappa shape index (κ1) is 12.9. The zero-order valence-electron chi connectivity index (χ0n) is 9.74. The molecule has 0 aliphatic carbocycles. The van der Waals surface area contributed by atoms with E-state index in [-0.39, 0.29) is 5.12 Å². The Labute approximate surface area is 101 Å². The SMILES string of the molecule is CCCOc1c(C)cc(C(=O)S)cc1OC. The predicted octanol–water partition coefficient (Wildman–Crippen LogP) is 2.86. The quantitative estimate of drug-likeness (QED) is 0.804. The van der Waals surface area contributed by atoms with Gasteiger partial charge in [0.15, 0.2) is 11.5 Å². The third kappa shape index (κ3) is 2.92. The summed E-state index contributed by atoms with van der Waals surface area (Å²) in [4.78, 5) is 11.2. The predicted molar refractivity (Wildman–Crippen MR) is 66.8 cm³/mol. The molecule has 0 atom stereocenters. The Balaban J connectivity index is 3.12. The fourth-order valence-corrected chi connectivity index (χ4v) is 1.53. The van der Waals surface area contributed by atoms with Crippen molar-refractivity contribution in [3.8, 4) is 11.5 Å². The molecule has 0 saturated carbocycles. The fraction of sp³-hybridized carbons (Fsp3) is 0.417. The summed E-state index contributed by atoms with van der Waals surface area (Å²) in [6.07, 6.45) is 0.926. The molecule has 1 aromatic rings. The van der Waals surface area contributed by atoms with E-state index >= 15 is 0 Å². The first-order chi connectivity index (χ1) is 7.60. The molecular formula is C12H16O3S. The lowest BCUT2D eigenvalue weighted by Crippen LogP contribution is -2.02. The molecule has 0 saturated heterocycles. The molecule has 0 radical (unpaired) electrons. The second-order valence-electron chi connectivity index (χ2n) is 3.48. The fourth-order valence-electron chi connectivity index (χ4n) is 1.41. The average Bonchev–Trinajstić information content (AvgIpc) is 2.26. The summed E-state index contributed by atoms with van der Waals surface area (Å²) in [5.41, 5.74) is 1.40. The van der Waals surface area contributed by atoms with Gasteiger partial charge >= 0.3 is 0 Å². The Morgan fingerprint density at radius 1 is 1.44 bits per heavy atom. The van der Waals surface area contributed by atoms with Gasteiger partial charge in [-0.1, -0.05) is 6.92 Å². The van der Waals surface area contributed by atoms with Gasteiger partial charge in [-0.2, -0.15) is 0 Å². The van der Waals surface area contributed by atoms with Crippen LogP contribution in [0.1, 0.15) is 29.3 Å². The topological polar surface area (TPSA) is 35.5 Å². The molecule has 0 aromatic heterocycles. The Morgan fingerprint density at radius 3 is 2.62 bits per heavy atom. The van der Waals surface area contributed by atoms with Gasteiger partial charge in [-0.05, 0) is 31.0 Å². The highest BCUT2D eigenvalue weighted by Crippen LogP contribution is 2.32. The molecule has 0 unspecified atom stereocenters. The molecule has 0 spiro atoms. The summed E-state index contributed by atoms with van der Waals surface area (Å²) in [7, 11) is 1.56. The average molecular weight is 240 g/mol. The molecule has 88 valence electrons. The van der Waals surface area contributed by atoms with Gasteiger partial charge in [0.1, 0.15) is 0 Å². The van der Waals surface area contributed by atoms with Gasteiger partial charge in [0.25, 0.3) is 0 Å². The van der Waals surface area contributed by atoms with Crippen molar-refractivity contribution < 1.29 is 14.3 Å². The third-order valence-electron chi connectivity index (χ3n) is 2.16. The van der Waals surface area contributed by atoms with Crippen molar-refractivity contribution in [3.05, 3.63) is 23.3 Å². The van der Waals surface area contributed by atoms with Crippen molar-refractivity contribution >= 4 is 17.7 Å². The van der Waals surface area contributed by atoms with Crippen molar-refractivity contribution in [3.63, 3.8) is 0 Å². The molecule has 0 fully saturated rings. The van der Waals surface area contributed by atoms with Gasteiger partial charge in [-0.3, -0.25) is 4.79 Å². The Hall–Kier alpha value is -1.16. The van der Waals surface area contributed by atoms with E-state index in [1.165, 1.54) is 0 Å². The van der Waals surface area contributed by atoms with Gasteiger partial charge < -0.3 is 9.47 Å². The maximum Gasteiger partial charge on any atom is 0.216 e. The van der Waals surface area contributed by atoms with Crippen LogP contribution in [0.5, 0.6) is 11.5 Å². The van der Waals surface area contributed by atoms with Crippen LogP contribution >= 0.6 is 12.6 Å². The van der Waals surface area contributed by atoms with Gasteiger partial charge in [0, 0.05) is 5.56 Å². The standard InChI is InChI=1S/C12H16O3S/c1-4-5-15-11-8(2)6-9(12(13)16)7-10(11)14-3/h6-7H,4-5H2,1-3H3,(H,13,16). The van der Waals surface area contributed by atoms with E-state index in [4.69, 9.17) is 9.47 Å². The van der Waals surface area contributed by atoms with Crippen LogP contribution in [0.3, 0.4) is 0 Å². The van der Waals surface area contributed by atoms with Gasteiger partial charge in [0.2, 0.25) is 5.12 Å². The number of carbonyl (C=O) groups is 1. The summed E-state index contributed by atoms with van der Waals surface area (Å²) in [5.74, 6) is 1.27.